The number of hydrogen-bond acceptors (Lipinski definition) is 9. The third-order valence-corrected chi connectivity index (χ3v) is 6.26. The number of nitrogens with one attached hydrogen (secondary N) is 1. The molecule has 0 bridgehead atoms. The van der Waals surface area contributed by atoms with E-state index in [-0.39, 0.29) is 5.95 Å². The Hall–Kier alpha value is -4.31. The van der Waals surface area contributed by atoms with Gasteiger partial charge in [0.2, 0.25) is 11.9 Å². The van der Waals surface area contributed by atoms with E-state index < -0.39 is 0 Å². The van der Waals surface area contributed by atoms with Crippen LogP contribution in [0.4, 0.5) is 17.6 Å². The van der Waals surface area contributed by atoms with Gasteiger partial charge < -0.3 is 11.1 Å². The van der Waals surface area contributed by atoms with Gasteiger partial charge in [-0.3, -0.25) is 9.55 Å². The molecule has 5 aromatic rings. The van der Waals surface area contributed by atoms with E-state index in [1.54, 1.807) is 12.4 Å². The SMILES string of the molecule is Cc1ccccc1Nc1nc(N)nc(CSc2nnc(-c3cccnc3)n2-c2ccccc2C)n1. The minimum atomic E-state index is 0.156. The van der Waals surface area contributed by atoms with E-state index in [0.29, 0.717) is 28.5 Å². The van der Waals surface area contributed by atoms with Gasteiger partial charge in [0.25, 0.3) is 0 Å². The van der Waals surface area contributed by atoms with Crippen LogP contribution >= 0.6 is 11.8 Å². The minimum absolute atomic E-state index is 0.156. The van der Waals surface area contributed by atoms with E-state index in [4.69, 9.17) is 5.73 Å². The smallest absolute Gasteiger partial charge is 0.232 e. The number of para-hydroxylation sites is 2. The zero-order valence-electron chi connectivity index (χ0n) is 19.3. The van der Waals surface area contributed by atoms with Crippen LogP contribution < -0.4 is 11.1 Å². The van der Waals surface area contributed by atoms with E-state index in [9.17, 15) is 0 Å². The standard InChI is InChI=1S/C25H23N9S/c1-16-8-3-5-11-19(16)28-24-30-21(29-23(26)31-24)15-35-25-33-32-22(18-10-7-13-27-14-18)34(25)20-12-6-4-9-17(20)2/h3-14H,15H2,1-2H3,(H3,26,28,29,30,31). The van der Waals surface area contributed by atoms with E-state index in [0.717, 1.165) is 28.1 Å². The second-order valence-electron chi connectivity index (χ2n) is 7.83. The van der Waals surface area contributed by atoms with Gasteiger partial charge in [-0.25, -0.2) is 0 Å². The average molecular weight is 482 g/mol. The topological polar surface area (TPSA) is 120 Å². The molecule has 0 saturated heterocycles. The number of nitrogens with zero attached hydrogens (tertiary/aromatic N) is 7. The first-order chi connectivity index (χ1) is 17.1. The summed E-state index contributed by atoms with van der Waals surface area (Å²) in [5.41, 5.74) is 11.0. The molecular weight excluding hydrogens is 458 g/mol. The summed E-state index contributed by atoms with van der Waals surface area (Å²) in [6, 6.07) is 19.9. The zero-order valence-corrected chi connectivity index (χ0v) is 20.1. The lowest BCUT2D eigenvalue weighted by Gasteiger charge is -2.13. The van der Waals surface area contributed by atoms with E-state index in [1.165, 1.54) is 11.8 Å². The molecule has 0 aliphatic rings. The molecule has 0 fully saturated rings. The Morgan fingerprint density at radius 2 is 1.69 bits per heavy atom. The van der Waals surface area contributed by atoms with E-state index >= 15 is 0 Å². The van der Waals surface area contributed by atoms with Crippen molar-refractivity contribution in [1.82, 2.24) is 34.7 Å². The van der Waals surface area contributed by atoms with Crippen LogP contribution in [-0.4, -0.2) is 34.7 Å². The highest BCUT2D eigenvalue weighted by molar-refractivity contribution is 7.98. The number of rotatable bonds is 7. The first-order valence-corrected chi connectivity index (χ1v) is 11.9. The summed E-state index contributed by atoms with van der Waals surface area (Å²) in [6.07, 6.45) is 3.52. The molecule has 3 aromatic heterocycles. The highest BCUT2D eigenvalue weighted by atomic mass is 32.2. The Kier molecular flexibility index (Phi) is 6.36. The molecule has 0 aliphatic carbocycles. The molecule has 0 amide bonds. The molecule has 9 nitrogen and oxygen atoms in total. The van der Waals surface area contributed by atoms with Crippen molar-refractivity contribution in [2.75, 3.05) is 11.1 Å². The summed E-state index contributed by atoms with van der Waals surface area (Å²) in [4.78, 5) is 17.4. The van der Waals surface area contributed by atoms with Gasteiger partial charge in [0.05, 0.1) is 11.4 Å². The number of nitrogen functional groups attached to an aromatic ring is 1. The van der Waals surface area contributed by atoms with Crippen LogP contribution in [-0.2, 0) is 5.75 Å². The zero-order chi connectivity index (χ0) is 24.2. The van der Waals surface area contributed by atoms with Crippen molar-refractivity contribution < 1.29 is 0 Å². The van der Waals surface area contributed by atoms with Crippen LogP contribution in [0.2, 0.25) is 0 Å². The highest BCUT2D eigenvalue weighted by Crippen LogP contribution is 2.30. The lowest BCUT2D eigenvalue weighted by atomic mass is 10.2. The normalized spacial score (nSPS) is 10.9. The number of benzene rings is 2. The Bertz CT molecular complexity index is 1470. The summed E-state index contributed by atoms with van der Waals surface area (Å²) in [6.45, 7) is 4.08. The van der Waals surface area contributed by atoms with Crippen LogP contribution in [0.3, 0.4) is 0 Å². The van der Waals surface area contributed by atoms with Crippen molar-refractivity contribution in [2.24, 2.45) is 0 Å². The Labute approximate surface area is 206 Å². The molecule has 2 aromatic carbocycles. The van der Waals surface area contributed by atoms with Gasteiger partial charge in [0.1, 0.15) is 5.82 Å². The molecule has 174 valence electrons. The maximum absolute atomic E-state index is 5.99. The Balaban J connectivity index is 1.45. The van der Waals surface area contributed by atoms with Gasteiger partial charge in [-0.2, -0.15) is 15.0 Å². The molecule has 0 unspecified atom stereocenters. The number of thioether (sulfide) groups is 1. The molecule has 0 radical (unpaired) electrons. The second kappa shape index (κ2) is 9.90. The average Bonchev–Trinajstić information content (AvgIpc) is 3.28. The molecular formula is C25H23N9S. The lowest BCUT2D eigenvalue weighted by Crippen LogP contribution is -2.07. The fourth-order valence-corrected chi connectivity index (χ4v) is 4.40. The molecule has 3 heterocycles. The molecule has 5 rings (SSSR count). The molecule has 0 aliphatic heterocycles. The summed E-state index contributed by atoms with van der Waals surface area (Å²) >= 11 is 1.48. The van der Waals surface area contributed by atoms with Crippen LogP contribution in [0.25, 0.3) is 17.1 Å². The molecule has 3 N–H and O–H groups in total. The summed E-state index contributed by atoms with van der Waals surface area (Å²) in [7, 11) is 0. The van der Waals surface area contributed by atoms with Gasteiger partial charge >= 0.3 is 0 Å². The lowest BCUT2D eigenvalue weighted by molar-refractivity contribution is 0.876. The van der Waals surface area contributed by atoms with Gasteiger partial charge in [-0.1, -0.05) is 48.2 Å². The van der Waals surface area contributed by atoms with Crippen molar-refractivity contribution in [2.45, 2.75) is 24.8 Å². The Morgan fingerprint density at radius 1 is 0.886 bits per heavy atom. The number of pyridine rings is 1. The van der Waals surface area contributed by atoms with Crippen LogP contribution in [0.15, 0.2) is 78.2 Å². The van der Waals surface area contributed by atoms with Crippen molar-refractivity contribution >= 4 is 29.3 Å². The summed E-state index contributed by atoms with van der Waals surface area (Å²) in [5.74, 6) is 2.25. The van der Waals surface area contributed by atoms with Gasteiger partial charge in [0.15, 0.2) is 11.0 Å². The van der Waals surface area contributed by atoms with E-state index in [2.05, 4.69) is 48.4 Å². The molecule has 10 heteroatoms. The van der Waals surface area contributed by atoms with Crippen LogP contribution in [0, 0.1) is 13.8 Å². The number of aryl methyl sites for hydroxylation is 2. The number of anilines is 3. The van der Waals surface area contributed by atoms with Gasteiger partial charge in [-0.05, 0) is 49.2 Å². The van der Waals surface area contributed by atoms with Gasteiger partial charge in [0, 0.05) is 23.6 Å². The highest BCUT2D eigenvalue weighted by Gasteiger charge is 2.18. The first-order valence-electron chi connectivity index (χ1n) is 11.0. The number of hydrogen-bond donors (Lipinski definition) is 2. The fourth-order valence-electron chi connectivity index (χ4n) is 3.60. The predicted octanol–water partition coefficient (Wildman–Crippen LogP) is 4.75. The minimum Gasteiger partial charge on any atom is -0.368 e. The van der Waals surface area contributed by atoms with Crippen molar-refractivity contribution in [3.8, 4) is 17.1 Å². The fraction of sp³-hybridized carbons (Fsp3) is 0.120. The molecule has 0 atom stereocenters. The van der Waals surface area contributed by atoms with Gasteiger partial charge in [-0.15, -0.1) is 10.2 Å². The Morgan fingerprint density at radius 3 is 2.46 bits per heavy atom. The summed E-state index contributed by atoms with van der Waals surface area (Å²) in [5, 5.41) is 12.9. The van der Waals surface area contributed by atoms with E-state index in [1.807, 2.05) is 66.1 Å². The monoisotopic (exact) mass is 481 g/mol. The molecule has 35 heavy (non-hydrogen) atoms. The largest absolute Gasteiger partial charge is 0.368 e. The van der Waals surface area contributed by atoms with Crippen LogP contribution in [0.1, 0.15) is 17.0 Å². The maximum atomic E-state index is 5.99. The quantitative estimate of drug-likeness (QED) is 0.317. The molecule has 0 spiro atoms. The molecule has 0 saturated carbocycles. The van der Waals surface area contributed by atoms with Crippen molar-refractivity contribution in [1.29, 1.82) is 0 Å². The third-order valence-electron chi connectivity index (χ3n) is 5.33. The van der Waals surface area contributed by atoms with Crippen molar-refractivity contribution in [3.63, 3.8) is 0 Å². The van der Waals surface area contributed by atoms with Crippen LogP contribution in [0.5, 0.6) is 0 Å². The summed E-state index contributed by atoms with van der Waals surface area (Å²) < 4.78 is 2.04. The van der Waals surface area contributed by atoms with Crippen molar-refractivity contribution in [3.05, 3.63) is 90.0 Å². The first kappa shape index (κ1) is 22.5. The number of nitrogens with two attached hydrogens (primary N) is 1. The third kappa shape index (κ3) is 4.97. The number of aromatic nitrogens is 7. The maximum Gasteiger partial charge on any atom is 0.232 e. The predicted molar refractivity (Wildman–Crippen MR) is 138 cm³/mol. The second-order valence-corrected chi connectivity index (χ2v) is 8.77.